The molecule has 1 aliphatic heterocycles. The van der Waals surface area contributed by atoms with Crippen LogP contribution in [0.15, 0.2) is 0 Å². The van der Waals surface area contributed by atoms with E-state index in [0.717, 1.165) is 32.4 Å². The lowest BCUT2D eigenvalue weighted by molar-refractivity contribution is -0.150. The van der Waals surface area contributed by atoms with Crippen molar-refractivity contribution in [3.63, 3.8) is 0 Å². The highest BCUT2D eigenvalue weighted by Crippen LogP contribution is 2.32. The summed E-state index contributed by atoms with van der Waals surface area (Å²) in [5.41, 5.74) is -1.02. The smallest absolute Gasteiger partial charge is 0.329 e. The molecule has 5 nitrogen and oxygen atoms in total. The maximum absolute atomic E-state index is 12.2. The van der Waals surface area contributed by atoms with Gasteiger partial charge in [0.2, 0.25) is 5.91 Å². The van der Waals surface area contributed by atoms with Crippen molar-refractivity contribution in [2.45, 2.75) is 44.6 Å². The average Bonchev–Trinajstić information content (AvgIpc) is 2.79. The fourth-order valence-electron chi connectivity index (χ4n) is 3.13. The van der Waals surface area contributed by atoms with Crippen LogP contribution in [0, 0.1) is 11.8 Å². The van der Waals surface area contributed by atoms with Crippen LogP contribution >= 0.6 is 0 Å². The molecule has 1 saturated carbocycles. The third kappa shape index (κ3) is 3.08. The first-order valence-electron chi connectivity index (χ1n) is 7.17. The molecule has 0 aromatic rings. The largest absolute Gasteiger partial charge is 0.480 e. The van der Waals surface area contributed by atoms with Crippen LogP contribution in [-0.4, -0.2) is 47.6 Å². The molecule has 108 valence electrons. The quantitative estimate of drug-likeness (QED) is 0.804. The average molecular weight is 268 g/mol. The third-order valence-corrected chi connectivity index (χ3v) is 4.66. The van der Waals surface area contributed by atoms with E-state index in [0.29, 0.717) is 18.8 Å². The Morgan fingerprint density at radius 1 is 1.26 bits per heavy atom. The summed E-state index contributed by atoms with van der Waals surface area (Å²) in [5, 5.41) is 12.3. The van der Waals surface area contributed by atoms with Gasteiger partial charge in [0.1, 0.15) is 5.54 Å². The molecule has 5 heteroatoms. The Balaban J connectivity index is 2.01. The van der Waals surface area contributed by atoms with Crippen molar-refractivity contribution in [2.75, 3.05) is 20.1 Å². The Morgan fingerprint density at radius 3 is 2.37 bits per heavy atom. The fourth-order valence-corrected chi connectivity index (χ4v) is 3.13. The topological polar surface area (TPSA) is 69.6 Å². The number of likely N-dealkylation sites (tertiary alicyclic amines) is 1. The van der Waals surface area contributed by atoms with Crippen molar-refractivity contribution in [2.24, 2.45) is 11.8 Å². The van der Waals surface area contributed by atoms with Gasteiger partial charge < -0.3 is 15.3 Å². The Morgan fingerprint density at radius 2 is 1.89 bits per heavy atom. The monoisotopic (exact) mass is 268 g/mol. The van der Waals surface area contributed by atoms with Gasteiger partial charge in [-0.3, -0.25) is 4.79 Å². The third-order valence-electron chi connectivity index (χ3n) is 4.66. The van der Waals surface area contributed by atoms with E-state index in [4.69, 9.17) is 0 Å². The second kappa shape index (κ2) is 5.49. The molecule has 0 radical (unpaired) electrons. The molecule has 1 unspecified atom stereocenters. The molecule has 1 aliphatic carbocycles. The van der Waals surface area contributed by atoms with Crippen molar-refractivity contribution in [1.29, 1.82) is 0 Å². The molecular formula is C14H24N2O3. The van der Waals surface area contributed by atoms with Crippen LogP contribution in [0.2, 0.25) is 0 Å². The lowest BCUT2D eigenvalue weighted by atomic mass is 9.77. The molecule has 2 aliphatic rings. The molecular weight excluding hydrogens is 244 g/mol. The van der Waals surface area contributed by atoms with Crippen LogP contribution in [0.3, 0.4) is 0 Å². The Kier molecular flexibility index (Phi) is 4.13. The van der Waals surface area contributed by atoms with Gasteiger partial charge in [-0.05, 0) is 51.6 Å². The number of rotatable bonds is 3. The minimum absolute atomic E-state index is 0.0550. The zero-order valence-corrected chi connectivity index (χ0v) is 11.8. The predicted octanol–water partition coefficient (Wildman–Crippen LogP) is 1.09. The van der Waals surface area contributed by atoms with Crippen LogP contribution in [0.4, 0.5) is 0 Å². The molecule has 2 fully saturated rings. The molecule has 2 rings (SSSR count). The standard InChI is InChI=1S/C14H24N2O3/c1-10-3-6-14(7-4-10,13(18)19)15-12(17)11-5-8-16(2)9-11/h10-11H,3-9H2,1-2H3,(H,15,17)(H,18,19). The molecule has 0 aromatic heterocycles. The van der Waals surface area contributed by atoms with Gasteiger partial charge in [0.15, 0.2) is 0 Å². The second-order valence-electron chi connectivity index (χ2n) is 6.31. The molecule has 1 amide bonds. The van der Waals surface area contributed by atoms with Gasteiger partial charge in [-0.2, -0.15) is 0 Å². The number of hydrogen-bond donors (Lipinski definition) is 2. The van der Waals surface area contributed by atoms with Gasteiger partial charge in [-0.25, -0.2) is 4.79 Å². The van der Waals surface area contributed by atoms with Crippen molar-refractivity contribution < 1.29 is 14.7 Å². The molecule has 19 heavy (non-hydrogen) atoms. The van der Waals surface area contributed by atoms with Crippen LogP contribution in [-0.2, 0) is 9.59 Å². The number of carbonyl (C=O) groups excluding carboxylic acids is 1. The summed E-state index contributed by atoms with van der Waals surface area (Å²) in [5.74, 6) is -0.456. The van der Waals surface area contributed by atoms with Crippen molar-refractivity contribution in [3.05, 3.63) is 0 Å². The van der Waals surface area contributed by atoms with Gasteiger partial charge in [-0.1, -0.05) is 6.92 Å². The highest BCUT2D eigenvalue weighted by atomic mass is 16.4. The first-order chi connectivity index (χ1) is 8.93. The summed E-state index contributed by atoms with van der Waals surface area (Å²) in [6.45, 7) is 3.78. The molecule has 1 heterocycles. The van der Waals surface area contributed by atoms with E-state index in [2.05, 4.69) is 17.1 Å². The van der Waals surface area contributed by atoms with Crippen LogP contribution in [0.1, 0.15) is 39.0 Å². The minimum Gasteiger partial charge on any atom is -0.480 e. The number of nitrogens with one attached hydrogen (secondary N) is 1. The number of aliphatic carboxylic acids is 1. The Labute approximate surface area is 114 Å². The first-order valence-corrected chi connectivity index (χ1v) is 7.17. The number of hydrogen-bond acceptors (Lipinski definition) is 3. The minimum atomic E-state index is -1.02. The molecule has 2 N–H and O–H groups in total. The van der Waals surface area contributed by atoms with Gasteiger partial charge in [0.05, 0.1) is 5.92 Å². The summed E-state index contributed by atoms with van der Waals surface area (Å²) in [4.78, 5) is 25.9. The molecule has 0 spiro atoms. The fraction of sp³-hybridized carbons (Fsp3) is 0.857. The lowest BCUT2D eigenvalue weighted by Gasteiger charge is -2.37. The normalized spacial score (nSPS) is 36.1. The Bertz CT molecular complexity index is 362. The maximum Gasteiger partial charge on any atom is 0.329 e. The summed E-state index contributed by atoms with van der Waals surface area (Å²) in [6.07, 6.45) is 3.68. The summed E-state index contributed by atoms with van der Waals surface area (Å²) in [6, 6.07) is 0. The zero-order valence-electron chi connectivity index (χ0n) is 11.8. The van der Waals surface area contributed by atoms with E-state index in [1.54, 1.807) is 0 Å². The number of carbonyl (C=O) groups is 2. The first kappa shape index (κ1) is 14.3. The van der Waals surface area contributed by atoms with E-state index in [1.807, 2.05) is 7.05 Å². The number of nitrogens with zero attached hydrogens (tertiary/aromatic N) is 1. The molecule has 1 saturated heterocycles. The van der Waals surface area contributed by atoms with Crippen LogP contribution < -0.4 is 5.32 Å². The van der Waals surface area contributed by atoms with Gasteiger partial charge in [0.25, 0.3) is 0 Å². The van der Waals surface area contributed by atoms with E-state index < -0.39 is 11.5 Å². The van der Waals surface area contributed by atoms with E-state index >= 15 is 0 Å². The van der Waals surface area contributed by atoms with Gasteiger partial charge >= 0.3 is 5.97 Å². The van der Waals surface area contributed by atoms with Gasteiger partial charge in [0, 0.05) is 6.54 Å². The summed E-state index contributed by atoms with van der Waals surface area (Å²) >= 11 is 0. The predicted molar refractivity (Wildman–Crippen MR) is 71.7 cm³/mol. The maximum atomic E-state index is 12.2. The highest BCUT2D eigenvalue weighted by Gasteiger charge is 2.43. The van der Waals surface area contributed by atoms with Crippen LogP contribution in [0.25, 0.3) is 0 Å². The van der Waals surface area contributed by atoms with Crippen molar-refractivity contribution >= 4 is 11.9 Å². The lowest BCUT2D eigenvalue weighted by Crippen LogP contribution is -2.57. The van der Waals surface area contributed by atoms with E-state index in [9.17, 15) is 14.7 Å². The van der Waals surface area contributed by atoms with E-state index in [1.165, 1.54) is 0 Å². The highest BCUT2D eigenvalue weighted by molar-refractivity contribution is 5.88. The molecule has 0 aromatic carbocycles. The van der Waals surface area contributed by atoms with Crippen molar-refractivity contribution in [3.8, 4) is 0 Å². The number of amides is 1. The molecule has 0 bridgehead atoms. The Hall–Kier alpha value is -1.10. The van der Waals surface area contributed by atoms with E-state index in [-0.39, 0.29) is 11.8 Å². The zero-order chi connectivity index (χ0) is 14.0. The second-order valence-corrected chi connectivity index (χ2v) is 6.31. The van der Waals surface area contributed by atoms with Gasteiger partial charge in [-0.15, -0.1) is 0 Å². The summed E-state index contributed by atoms with van der Waals surface area (Å²) in [7, 11) is 1.99. The van der Waals surface area contributed by atoms with Crippen molar-refractivity contribution in [1.82, 2.24) is 10.2 Å². The van der Waals surface area contributed by atoms with Crippen LogP contribution in [0.5, 0.6) is 0 Å². The number of carboxylic acid groups (broad SMARTS) is 1. The molecule has 1 atom stereocenters. The summed E-state index contributed by atoms with van der Waals surface area (Å²) < 4.78 is 0. The number of carboxylic acids is 1. The SMILES string of the molecule is CC1CCC(NC(=O)C2CCN(C)C2)(C(=O)O)CC1.